The van der Waals surface area contributed by atoms with Gasteiger partial charge in [-0.3, -0.25) is 0 Å². The Bertz CT molecular complexity index is 337. The topological polar surface area (TPSA) is 15.3 Å². The van der Waals surface area contributed by atoms with Gasteiger partial charge in [0.2, 0.25) is 0 Å². The summed E-state index contributed by atoms with van der Waals surface area (Å²) in [6.45, 7) is 6.53. The zero-order chi connectivity index (χ0) is 12.8. The molecule has 0 fully saturated rings. The molecule has 1 atom stereocenters. The molecule has 1 N–H and O–H groups in total. The molecule has 0 bridgehead atoms. The Balaban J connectivity index is 2.51. The van der Waals surface area contributed by atoms with Crippen molar-refractivity contribution in [2.75, 3.05) is 20.6 Å². The van der Waals surface area contributed by atoms with Crippen LogP contribution in [0.4, 0.5) is 0 Å². The lowest BCUT2D eigenvalue weighted by atomic mass is 10.0. The highest BCUT2D eigenvalue weighted by molar-refractivity contribution is 9.10. The van der Waals surface area contributed by atoms with Gasteiger partial charge in [-0.15, -0.1) is 0 Å². The van der Waals surface area contributed by atoms with E-state index in [0.717, 1.165) is 17.6 Å². The van der Waals surface area contributed by atoms with Gasteiger partial charge in [0.15, 0.2) is 0 Å². The van der Waals surface area contributed by atoms with Crippen LogP contribution in [0.1, 0.15) is 19.4 Å². The Kier molecular flexibility index (Phi) is 6.17. The summed E-state index contributed by atoms with van der Waals surface area (Å²) in [5.74, 6) is 0.643. The van der Waals surface area contributed by atoms with Gasteiger partial charge in [-0.25, -0.2) is 0 Å². The van der Waals surface area contributed by atoms with E-state index in [0.29, 0.717) is 12.0 Å². The lowest BCUT2D eigenvalue weighted by Gasteiger charge is -2.25. The Hall–Kier alpha value is -0.380. The van der Waals surface area contributed by atoms with Gasteiger partial charge >= 0.3 is 0 Å². The molecule has 0 heterocycles. The van der Waals surface area contributed by atoms with Crippen molar-refractivity contribution in [1.29, 1.82) is 0 Å². The lowest BCUT2D eigenvalue weighted by Crippen LogP contribution is -2.41. The maximum Gasteiger partial charge on any atom is 0.0220 e. The van der Waals surface area contributed by atoms with Crippen LogP contribution in [0.15, 0.2) is 28.7 Å². The summed E-state index contributed by atoms with van der Waals surface area (Å²) in [6.07, 6.45) is 0. The van der Waals surface area contributed by atoms with Crippen molar-refractivity contribution in [2.24, 2.45) is 5.92 Å². The van der Waals surface area contributed by atoms with Gasteiger partial charge in [0.05, 0.1) is 0 Å². The molecule has 0 saturated carbocycles. The molecule has 3 heteroatoms. The lowest BCUT2D eigenvalue weighted by molar-refractivity contribution is 0.288. The van der Waals surface area contributed by atoms with E-state index in [1.54, 1.807) is 0 Å². The van der Waals surface area contributed by atoms with Crippen LogP contribution in [-0.2, 0) is 6.54 Å². The van der Waals surface area contributed by atoms with E-state index in [-0.39, 0.29) is 0 Å². The Morgan fingerprint density at radius 1 is 1.29 bits per heavy atom. The summed E-state index contributed by atoms with van der Waals surface area (Å²) in [5.41, 5.74) is 1.32. The van der Waals surface area contributed by atoms with Crippen LogP contribution in [-0.4, -0.2) is 31.6 Å². The van der Waals surface area contributed by atoms with Crippen molar-refractivity contribution in [3.63, 3.8) is 0 Å². The zero-order valence-corrected chi connectivity index (χ0v) is 12.8. The first-order valence-electron chi connectivity index (χ1n) is 6.11. The number of hydrogen-bond acceptors (Lipinski definition) is 2. The van der Waals surface area contributed by atoms with Crippen LogP contribution in [0.25, 0.3) is 0 Å². The first kappa shape index (κ1) is 14.7. The van der Waals surface area contributed by atoms with Crippen molar-refractivity contribution < 1.29 is 0 Å². The number of benzene rings is 1. The van der Waals surface area contributed by atoms with Gasteiger partial charge < -0.3 is 10.2 Å². The van der Waals surface area contributed by atoms with E-state index in [4.69, 9.17) is 0 Å². The minimum atomic E-state index is 0.531. The van der Waals surface area contributed by atoms with Gasteiger partial charge in [-0.2, -0.15) is 0 Å². The fourth-order valence-electron chi connectivity index (χ4n) is 1.80. The summed E-state index contributed by atoms with van der Waals surface area (Å²) in [7, 11) is 4.24. The number of halogens is 1. The monoisotopic (exact) mass is 298 g/mol. The highest BCUT2D eigenvalue weighted by Gasteiger charge is 2.13. The van der Waals surface area contributed by atoms with E-state index in [1.165, 1.54) is 5.56 Å². The molecule has 0 amide bonds. The summed E-state index contributed by atoms with van der Waals surface area (Å²) >= 11 is 3.50. The molecule has 0 aliphatic rings. The molecule has 2 nitrogen and oxygen atoms in total. The summed E-state index contributed by atoms with van der Waals surface area (Å²) < 4.78 is 1.14. The molecule has 1 aromatic rings. The Morgan fingerprint density at radius 2 is 2.00 bits per heavy atom. The fourth-order valence-corrected chi connectivity index (χ4v) is 2.25. The minimum absolute atomic E-state index is 0.531. The van der Waals surface area contributed by atoms with Gasteiger partial charge in [-0.05, 0) is 37.7 Å². The Labute approximate surface area is 114 Å². The van der Waals surface area contributed by atoms with Crippen LogP contribution in [0.3, 0.4) is 0 Å². The number of rotatable bonds is 6. The number of likely N-dealkylation sites (N-methyl/N-ethyl adjacent to an activating group) is 1. The number of nitrogens with one attached hydrogen (secondary N) is 1. The minimum Gasteiger partial charge on any atom is -0.308 e. The molecular weight excluding hydrogens is 276 g/mol. The number of hydrogen-bond donors (Lipinski definition) is 1. The van der Waals surface area contributed by atoms with Crippen molar-refractivity contribution in [2.45, 2.75) is 26.4 Å². The maximum atomic E-state index is 3.63. The third-order valence-corrected chi connectivity index (χ3v) is 3.32. The van der Waals surface area contributed by atoms with Crippen molar-refractivity contribution in [3.8, 4) is 0 Å². The fraction of sp³-hybridized carbons (Fsp3) is 0.571. The summed E-state index contributed by atoms with van der Waals surface area (Å²) in [6, 6.07) is 9.00. The molecule has 17 heavy (non-hydrogen) atoms. The average Bonchev–Trinajstić information content (AvgIpc) is 2.23. The number of nitrogens with zero attached hydrogens (tertiary/aromatic N) is 1. The third kappa shape index (κ3) is 5.66. The molecule has 0 aliphatic carbocycles. The largest absolute Gasteiger partial charge is 0.308 e. The van der Waals surface area contributed by atoms with E-state index >= 15 is 0 Å². The van der Waals surface area contributed by atoms with Gasteiger partial charge in [0, 0.05) is 23.6 Å². The molecule has 0 aromatic heterocycles. The van der Waals surface area contributed by atoms with Crippen LogP contribution in [0.5, 0.6) is 0 Å². The smallest absolute Gasteiger partial charge is 0.0220 e. The van der Waals surface area contributed by atoms with Crippen LogP contribution in [0.2, 0.25) is 0 Å². The van der Waals surface area contributed by atoms with Crippen molar-refractivity contribution >= 4 is 15.9 Å². The van der Waals surface area contributed by atoms with Crippen LogP contribution >= 0.6 is 15.9 Å². The first-order chi connectivity index (χ1) is 7.99. The molecular formula is C14H23BrN2. The van der Waals surface area contributed by atoms with Crippen molar-refractivity contribution in [1.82, 2.24) is 10.2 Å². The molecule has 1 unspecified atom stereocenters. The van der Waals surface area contributed by atoms with Crippen LogP contribution < -0.4 is 5.32 Å². The molecule has 1 aromatic carbocycles. The normalized spacial score (nSPS) is 13.4. The first-order valence-corrected chi connectivity index (χ1v) is 6.91. The molecule has 0 saturated heterocycles. The molecule has 0 aliphatic heterocycles. The SMILES string of the molecule is CC(C)C(CN(C)C)NCc1cccc(Br)c1. The second-order valence-electron chi connectivity index (χ2n) is 5.12. The summed E-state index contributed by atoms with van der Waals surface area (Å²) in [5, 5.41) is 3.63. The van der Waals surface area contributed by atoms with Gasteiger partial charge in [-0.1, -0.05) is 41.9 Å². The molecule has 0 radical (unpaired) electrons. The maximum absolute atomic E-state index is 3.63. The molecule has 0 spiro atoms. The highest BCUT2D eigenvalue weighted by atomic mass is 79.9. The second-order valence-corrected chi connectivity index (χ2v) is 6.04. The third-order valence-electron chi connectivity index (χ3n) is 2.82. The van der Waals surface area contributed by atoms with E-state index in [9.17, 15) is 0 Å². The summed E-state index contributed by atoms with van der Waals surface area (Å²) in [4.78, 5) is 2.23. The van der Waals surface area contributed by atoms with E-state index in [1.807, 2.05) is 0 Å². The standard InChI is InChI=1S/C14H23BrN2/c1-11(2)14(10-17(3)4)16-9-12-6-5-7-13(15)8-12/h5-8,11,14,16H,9-10H2,1-4H3. The molecule has 1 rings (SSSR count). The van der Waals surface area contributed by atoms with Crippen molar-refractivity contribution in [3.05, 3.63) is 34.3 Å². The quantitative estimate of drug-likeness (QED) is 0.868. The predicted molar refractivity (Wildman–Crippen MR) is 78.2 cm³/mol. The molecule has 96 valence electrons. The predicted octanol–water partition coefficient (Wildman–Crippen LogP) is 3.12. The van der Waals surface area contributed by atoms with Crippen LogP contribution in [0, 0.1) is 5.92 Å². The zero-order valence-electron chi connectivity index (χ0n) is 11.2. The highest BCUT2D eigenvalue weighted by Crippen LogP contribution is 2.12. The Morgan fingerprint density at radius 3 is 2.53 bits per heavy atom. The van der Waals surface area contributed by atoms with Gasteiger partial charge in [0.25, 0.3) is 0 Å². The van der Waals surface area contributed by atoms with Gasteiger partial charge in [0.1, 0.15) is 0 Å². The van der Waals surface area contributed by atoms with E-state index < -0.39 is 0 Å². The second kappa shape index (κ2) is 7.14. The van der Waals surface area contributed by atoms with E-state index in [2.05, 4.69) is 78.4 Å². The average molecular weight is 299 g/mol.